The lowest BCUT2D eigenvalue weighted by molar-refractivity contribution is -0.190. The lowest BCUT2D eigenvalue weighted by Gasteiger charge is -2.29. The van der Waals surface area contributed by atoms with Gasteiger partial charge < -0.3 is 23.7 Å². The van der Waals surface area contributed by atoms with E-state index in [1.165, 1.54) is 30.3 Å². The van der Waals surface area contributed by atoms with Crippen LogP contribution in [0.15, 0.2) is 182 Å². The minimum absolute atomic E-state index is 0.0629. The van der Waals surface area contributed by atoms with E-state index in [2.05, 4.69) is 39.7 Å². The van der Waals surface area contributed by atoms with E-state index in [0.717, 1.165) is 124 Å². The summed E-state index contributed by atoms with van der Waals surface area (Å²) in [6.45, 7) is 8.66. The first-order valence-corrected chi connectivity index (χ1v) is 42.0. The normalized spacial score (nSPS) is 15.2. The summed E-state index contributed by atoms with van der Waals surface area (Å²) in [5, 5.41) is 0. The van der Waals surface area contributed by atoms with Crippen LogP contribution in [-0.2, 0) is 42.0 Å². The number of rotatable bonds is 27. The maximum atomic E-state index is 15.0. The summed E-state index contributed by atoms with van der Waals surface area (Å²) in [7, 11) is 0. The van der Waals surface area contributed by atoms with Crippen LogP contribution in [-0.4, -0.2) is 6.61 Å². The number of ether oxygens (including phenoxy) is 5. The zero-order valence-electron chi connectivity index (χ0n) is 71.3. The third-order valence-corrected chi connectivity index (χ3v) is 22.4. The van der Waals surface area contributed by atoms with Crippen LogP contribution in [0.4, 0.5) is 132 Å². The third kappa shape index (κ3) is 25.3. The number of alkyl halides is 8. The number of unbranched alkanes of at least 4 members (excludes halogenated alkanes) is 3. The highest BCUT2D eigenvalue weighted by Gasteiger charge is 2.47. The standard InChI is InChI=1S/C30H22F8O.C29H20F8O.C21H19F7O.C20H17F7O2/c1-2-3-4-5-17-6-8-18(9-7-17)19-10-11-22(23(31)12-19)20-13-24(32)28(25(33)14-20)30(37,38)39-21-15-26(34)29(36)27(35)16-21;1-2-3-4-16-5-7-17(8-6-16)18-9-10-21(22(30)11-18)19-12-23(31)27(24(32)13-19)29(36,37)38-20-14-25(33)28(35)26(34)15-20;1-2-11-3-5-12(6-4-11)13-7-15(22)19(16(23)8-13)21(27,28)29-14-9-17(24)20(26)18(25)10-14;1-2-10-3-4-17(28-9-10)11-5-13(21)18(14(22)6-11)20(26,27)29-12-7-15(23)19(25)16(24)8-12/h6-16H,2-5H2,1H3;5-15H,2-4H2,1H3;7-12H,2-6H2,1H3;5-8,10,17H,2-4,9H2,1H3. The molecular weight excluding hydrogens is 1850 g/mol. The molecule has 14 rings (SSSR count). The second-order valence-corrected chi connectivity index (χ2v) is 31.8. The topological polar surface area (TPSA) is 46.2 Å². The van der Waals surface area contributed by atoms with Crippen molar-refractivity contribution < 1.29 is 155 Å². The molecule has 135 heavy (non-hydrogen) atoms. The molecule has 35 heteroatoms. The van der Waals surface area contributed by atoms with Crippen LogP contribution in [0.5, 0.6) is 23.0 Å². The van der Waals surface area contributed by atoms with E-state index in [4.69, 9.17) is 4.74 Å². The fraction of sp³-hybridized carbons (Fsp3) is 0.280. The van der Waals surface area contributed by atoms with Crippen molar-refractivity contribution in [2.75, 3.05) is 6.61 Å². The van der Waals surface area contributed by atoms with Crippen LogP contribution in [0.3, 0.4) is 0 Å². The smallest absolute Gasteiger partial charge is 0.429 e. The maximum absolute atomic E-state index is 15.0. The molecule has 0 aromatic heterocycles. The van der Waals surface area contributed by atoms with Crippen LogP contribution in [0.25, 0.3) is 44.5 Å². The molecule has 0 radical (unpaired) electrons. The van der Waals surface area contributed by atoms with Gasteiger partial charge >= 0.3 is 24.4 Å². The first kappa shape index (κ1) is 103. The Morgan fingerprint density at radius 1 is 0.259 bits per heavy atom. The van der Waals surface area contributed by atoms with Gasteiger partial charge in [-0.3, -0.25) is 0 Å². The molecule has 12 aromatic rings. The van der Waals surface area contributed by atoms with Gasteiger partial charge in [0.25, 0.3) is 0 Å². The molecule has 0 N–H and O–H groups in total. The van der Waals surface area contributed by atoms with Crippen LogP contribution in [0, 0.1) is 140 Å². The summed E-state index contributed by atoms with van der Waals surface area (Å²) >= 11 is 0. The molecule has 2 unspecified atom stereocenters. The van der Waals surface area contributed by atoms with Crippen molar-refractivity contribution in [1.29, 1.82) is 0 Å². The van der Waals surface area contributed by atoms with Crippen LogP contribution in [0.1, 0.15) is 168 Å². The predicted octanol–water partition coefficient (Wildman–Crippen LogP) is 32.6. The van der Waals surface area contributed by atoms with Crippen LogP contribution in [0.2, 0.25) is 0 Å². The predicted molar refractivity (Wildman–Crippen MR) is 439 cm³/mol. The summed E-state index contributed by atoms with van der Waals surface area (Å²) < 4.78 is 442. The van der Waals surface area contributed by atoms with Crippen molar-refractivity contribution >= 4 is 0 Å². The fourth-order valence-electron chi connectivity index (χ4n) is 15.2. The average Bonchev–Trinajstić information content (AvgIpc) is 0.775. The Hall–Kier alpha value is -12.3. The number of hydrogen-bond acceptors (Lipinski definition) is 5. The summed E-state index contributed by atoms with van der Waals surface area (Å²) in [6, 6.07) is 29.1. The van der Waals surface area contributed by atoms with Crippen molar-refractivity contribution in [2.24, 2.45) is 11.8 Å². The molecule has 1 aliphatic heterocycles. The van der Waals surface area contributed by atoms with Crippen molar-refractivity contribution in [3.8, 4) is 67.5 Å². The van der Waals surface area contributed by atoms with Gasteiger partial charge in [0.1, 0.15) is 103 Å². The molecule has 0 spiro atoms. The number of halogens is 30. The Kier molecular flexibility index (Phi) is 33.6. The zero-order chi connectivity index (χ0) is 98.6. The first-order chi connectivity index (χ1) is 63.7. The highest BCUT2D eigenvalue weighted by molar-refractivity contribution is 5.73. The minimum atomic E-state index is -4.74. The number of hydrogen-bond donors (Lipinski definition) is 0. The molecule has 0 bridgehead atoms. The molecule has 0 amide bonds. The number of benzene rings is 12. The van der Waals surface area contributed by atoms with E-state index in [1.54, 1.807) is 0 Å². The average molecular weight is 1930 g/mol. The Balaban J connectivity index is 0.000000175. The van der Waals surface area contributed by atoms with Crippen molar-refractivity contribution in [1.82, 2.24) is 0 Å². The highest BCUT2D eigenvalue weighted by Crippen LogP contribution is 2.47. The van der Waals surface area contributed by atoms with Gasteiger partial charge in [-0.25, -0.2) is 96.6 Å². The number of aryl methyl sites for hydroxylation is 2. The largest absolute Gasteiger partial charge is 0.432 e. The maximum Gasteiger partial charge on any atom is 0.432 e. The van der Waals surface area contributed by atoms with Gasteiger partial charge in [-0.1, -0.05) is 133 Å². The summed E-state index contributed by atoms with van der Waals surface area (Å²) in [5.74, 6) is -41.1. The lowest BCUT2D eigenvalue weighted by Crippen LogP contribution is -2.26. The summed E-state index contributed by atoms with van der Waals surface area (Å²) in [5.41, 5.74) is -3.28. The van der Waals surface area contributed by atoms with E-state index in [-0.39, 0.29) is 87.8 Å². The zero-order valence-corrected chi connectivity index (χ0v) is 71.3. The molecule has 1 aliphatic carbocycles. The summed E-state index contributed by atoms with van der Waals surface area (Å²) in [4.78, 5) is 0. The fourth-order valence-corrected chi connectivity index (χ4v) is 15.2. The van der Waals surface area contributed by atoms with Gasteiger partial charge in [-0.15, -0.1) is 0 Å². The van der Waals surface area contributed by atoms with Crippen molar-refractivity contribution in [2.45, 2.75) is 160 Å². The second kappa shape index (κ2) is 44.0. The summed E-state index contributed by atoms with van der Waals surface area (Å²) in [6.07, 6.45) is -5.70. The molecule has 5 nitrogen and oxygen atoms in total. The molecule has 12 aromatic carbocycles. The van der Waals surface area contributed by atoms with Gasteiger partial charge in [-0.2, -0.15) is 35.1 Å². The van der Waals surface area contributed by atoms with Crippen LogP contribution >= 0.6 is 0 Å². The molecule has 2 atom stereocenters. The Morgan fingerprint density at radius 2 is 0.526 bits per heavy atom. The van der Waals surface area contributed by atoms with Gasteiger partial charge in [0.05, 0.1) is 12.7 Å². The highest BCUT2D eigenvalue weighted by atomic mass is 19.3. The molecule has 1 heterocycles. The Labute approximate surface area is 753 Å². The van der Waals surface area contributed by atoms with Crippen molar-refractivity contribution in [3.05, 3.63) is 354 Å². The molecule has 718 valence electrons. The third-order valence-electron chi connectivity index (χ3n) is 22.4. The van der Waals surface area contributed by atoms with Gasteiger partial charge in [0.2, 0.25) is 0 Å². The van der Waals surface area contributed by atoms with Gasteiger partial charge in [0.15, 0.2) is 69.8 Å². The van der Waals surface area contributed by atoms with E-state index >= 15 is 0 Å². The van der Waals surface area contributed by atoms with Crippen LogP contribution < -0.4 is 18.9 Å². The van der Waals surface area contributed by atoms with E-state index in [0.29, 0.717) is 78.7 Å². The van der Waals surface area contributed by atoms with Gasteiger partial charge in [-0.05, 0) is 198 Å². The van der Waals surface area contributed by atoms with Gasteiger partial charge in [0, 0.05) is 59.7 Å². The quantitative estimate of drug-likeness (QED) is 0.0292. The van der Waals surface area contributed by atoms with E-state index in [9.17, 15) is 132 Å². The monoisotopic (exact) mass is 1930 g/mol. The van der Waals surface area contributed by atoms with Crippen molar-refractivity contribution in [3.63, 3.8) is 0 Å². The van der Waals surface area contributed by atoms with E-state index in [1.807, 2.05) is 55.5 Å². The second-order valence-electron chi connectivity index (χ2n) is 31.8. The molecule has 1 saturated carbocycles. The Morgan fingerprint density at radius 3 is 0.800 bits per heavy atom. The Bertz CT molecular complexity index is 5860. The SMILES string of the molecule is CCC1CCC(c2cc(F)c(C(F)(F)Oc3cc(F)c(F)c(F)c3)c(F)c2)CC1.CCC1CCC(c2cc(F)c(C(F)(F)Oc3cc(F)c(F)c(F)c3)c(F)c2)OC1.CCCCCc1ccc(-c2ccc(-c3cc(F)c(C(F)(F)Oc4cc(F)c(F)c(F)c4)c(F)c3)c(F)c2)cc1.CCCCc1ccc(-c2ccc(-c3cc(F)c(C(F)(F)Oc4cc(F)c(F)c(F)c4)c(F)c3)c(F)c2)cc1. The lowest BCUT2D eigenvalue weighted by atomic mass is 9.77. The molecule has 2 fully saturated rings. The first-order valence-electron chi connectivity index (χ1n) is 42.0. The van der Waals surface area contributed by atoms with E-state index < -0.39 is 204 Å². The molecular formula is C100H78F30O5. The molecule has 2 aliphatic rings. The minimum Gasteiger partial charge on any atom is -0.429 e. The molecule has 1 saturated heterocycles.